The average molecular weight is 236 g/mol. The number of rotatable bonds is 3. The van der Waals surface area contributed by atoms with Crippen LogP contribution in [-0.4, -0.2) is 36.1 Å². The fourth-order valence-corrected chi connectivity index (χ4v) is 3.69. The molecule has 1 heterocycles. The largest absolute Gasteiger partial charge is 0.310 e. The van der Waals surface area contributed by atoms with Gasteiger partial charge in [-0.3, -0.25) is 4.90 Å². The second-order valence-corrected chi connectivity index (χ2v) is 6.84. The summed E-state index contributed by atoms with van der Waals surface area (Å²) in [5, 5.41) is 3.80. The van der Waals surface area contributed by atoms with Gasteiger partial charge < -0.3 is 5.32 Å². The van der Waals surface area contributed by atoms with Gasteiger partial charge in [0.1, 0.15) is 0 Å². The van der Waals surface area contributed by atoms with Crippen LogP contribution in [0.25, 0.3) is 0 Å². The Morgan fingerprint density at radius 2 is 1.71 bits per heavy atom. The van der Waals surface area contributed by atoms with E-state index < -0.39 is 0 Å². The van der Waals surface area contributed by atoms with Gasteiger partial charge in [-0.05, 0) is 50.4 Å². The van der Waals surface area contributed by atoms with E-state index in [0.29, 0.717) is 0 Å². The van der Waals surface area contributed by atoms with Crippen LogP contribution in [0.1, 0.15) is 52.4 Å². The monoisotopic (exact) mass is 236 g/mol. The SMILES string of the molecule is CC1CCC(N2CCC(NC3CC3)C2)CC1C. The molecule has 2 nitrogen and oxygen atoms in total. The molecule has 2 saturated carbocycles. The van der Waals surface area contributed by atoms with Gasteiger partial charge in [-0.1, -0.05) is 13.8 Å². The van der Waals surface area contributed by atoms with E-state index in [4.69, 9.17) is 0 Å². The molecule has 17 heavy (non-hydrogen) atoms. The van der Waals surface area contributed by atoms with E-state index in [0.717, 1.165) is 30.0 Å². The lowest BCUT2D eigenvalue weighted by atomic mass is 9.78. The summed E-state index contributed by atoms with van der Waals surface area (Å²) in [6.45, 7) is 7.55. The van der Waals surface area contributed by atoms with Crippen molar-refractivity contribution in [3.05, 3.63) is 0 Å². The molecule has 0 aromatic heterocycles. The van der Waals surface area contributed by atoms with Crippen LogP contribution in [-0.2, 0) is 0 Å². The highest BCUT2D eigenvalue weighted by atomic mass is 15.2. The highest BCUT2D eigenvalue weighted by Gasteiger charge is 2.34. The molecule has 4 atom stereocenters. The summed E-state index contributed by atoms with van der Waals surface area (Å²) in [5.74, 6) is 1.89. The van der Waals surface area contributed by atoms with E-state index in [1.54, 1.807) is 0 Å². The Kier molecular flexibility index (Phi) is 3.45. The highest BCUT2D eigenvalue weighted by molar-refractivity contribution is 4.92. The Hall–Kier alpha value is -0.0800. The Bertz CT molecular complexity index is 262. The van der Waals surface area contributed by atoms with Crippen molar-refractivity contribution >= 4 is 0 Å². The third-order valence-electron chi connectivity index (χ3n) is 5.36. The fourth-order valence-electron chi connectivity index (χ4n) is 3.69. The molecule has 3 fully saturated rings. The first kappa shape index (κ1) is 12.0. The summed E-state index contributed by atoms with van der Waals surface area (Å²) in [6.07, 6.45) is 8.57. The quantitative estimate of drug-likeness (QED) is 0.810. The van der Waals surface area contributed by atoms with Crippen molar-refractivity contribution in [3.63, 3.8) is 0 Å². The normalized spacial score (nSPS) is 44.1. The molecule has 0 radical (unpaired) electrons. The minimum Gasteiger partial charge on any atom is -0.310 e. The molecule has 1 aliphatic heterocycles. The molecule has 4 unspecified atom stereocenters. The lowest BCUT2D eigenvalue weighted by Gasteiger charge is -2.37. The van der Waals surface area contributed by atoms with Gasteiger partial charge >= 0.3 is 0 Å². The Morgan fingerprint density at radius 3 is 2.41 bits per heavy atom. The third-order valence-corrected chi connectivity index (χ3v) is 5.36. The van der Waals surface area contributed by atoms with E-state index >= 15 is 0 Å². The first-order chi connectivity index (χ1) is 8.22. The van der Waals surface area contributed by atoms with Crippen molar-refractivity contribution in [1.29, 1.82) is 0 Å². The zero-order valence-corrected chi connectivity index (χ0v) is 11.5. The summed E-state index contributed by atoms with van der Waals surface area (Å²) < 4.78 is 0. The lowest BCUT2D eigenvalue weighted by molar-refractivity contribution is 0.128. The third kappa shape index (κ3) is 2.85. The zero-order chi connectivity index (χ0) is 11.8. The van der Waals surface area contributed by atoms with Gasteiger partial charge in [0.2, 0.25) is 0 Å². The highest BCUT2D eigenvalue weighted by Crippen LogP contribution is 2.33. The first-order valence-corrected chi connectivity index (χ1v) is 7.72. The van der Waals surface area contributed by atoms with Crippen LogP contribution in [0.4, 0.5) is 0 Å². The fraction of sp³-hybridized carbons (Fsp3) is 1.00. The lowest BCUT2D eigenvalue weighted by Crippen LogP contribution is -2.41. The van der Waals surface area contributed by atoms with E-state index in [2.05, 4.69) is 24.1 Å². The number of nitrogens with one attached hydrogen (secondary N) is 1. The van der Waals surface area contributed by atoms with Crippen molar-refractivity contribution in [2.45, 2.75) is 70.5 Å². The van der Waals surface area contributed by atoms with Crippen molar-refractivity contribution < 1.29 is 0 Å². The Morgan fingerprint density at radius 1 is 0.882 bits per heavy atom. The van der Waals surface area contributed by atoms with Gasteiger partial charge in [0.25, 0.3) is 0 Å². The summed E-state index contributed by atoms with van der Waals surface area (Å²) in [4.78, 5) is 2.78. The van der Waals surface area contributed by atoms with Crippen molar-refractivity contribution in [3.8, 4) is 0 Å². The maximum atomic E-state index is 3.80. The predicted octanol–water partition coefficient (Wildman–Crippen LogP) is 2.64. The molecule has 3 rings (SSSR count). The Balaban J connectivity index is 1.48. The van der Waals surface area contributed by atoms with Crippen LogP contribution in [0.2, 0.25) is 0 Å². The maximum Gasteiger partial charge on any atom is 0.0209 e. The number of nitrogens with zero attached hydrogens (tertiary/aromatic N) is 1. The number of hydrogen-bond acceptors (Lipinski definition) is 2. The van der Waals surface area contributed by atoms with Gasteiger partial charge in [-0.15, -0.1) is 0 Å². The van der Waals surface area contributed by atoms with E-state index in [1.165, 1.54) is 51.6 Å². The van der Waals surface area contributed by atoms with E-state index in [1.807, 2.05) is 0 Å². The Labute approximate surface area is 106 Å². The summed E-state index contributed by atoms with van der Waals surface area (Å²) in [7, 11) is 0. The smallest absolute Gasteiger partial charge is 0.0209 e. The van der Waals surface area contributed by atoms with Gasteiger partial charge in [0.15, 0.2) is 0 Å². The molecule has 0 aromatic carbocycles. The first-order valence-electron chi connectivity index (χ1n) is 7.72. The molecule has 0 spiro atoms. The van der Waals surface area contributed by atoms with Crippen LogP contribution >= 0.6 is 0 Å². The van der Waals surface area contributed by atoms with Crippen LogP contribution in [0.3, 0.4) is 0 Å². The molecule has 3 aliphatic rings. The molecule has 98 valence electrons. The van der Waals surface area contributed by atoms with Crippen LogP contribution in [0.15, 0.2) is 0 Å². The topological polar surface area (TPSA) is 15.3 Å². The molecular formula is C15H28N2. The van der Waals surface area contributed by atoms with Gasteiger partial charge in [0.05, 0.1) is 0 Å². The van der Waals surface area contributed by atoms with Crippen molar-refractivity contribution in [2.75, 3.05) is 13.1 Å². The number of likely N-dealkylation sites (tertiary alicyclic amines) is 1. The minimum atomic E-state index is 0.803. The van der Waals surface area contributed by atoms with Crippen LogP contribution in [0, 0.1) is 11.8 Å². The molecular weight excluding hydrogens is 208 g/mol. The summed E-state index contributed by atoms with van der Waals surface area (Å²) in [6, 6.07) is 2.58. The van der Waals surface area contributed by atoms with E-state index in [9.17, 15) is 0 Å². The van der Waals surface area contributed by atoms with Gasteiger partial charge in [-0.2, -0.15) is 0 Å². The van der Waals surface area contributed by atoms with Gasteiger partial charge in [-0.25, -0.2) is 0 Å². The average Bonchev–Trinajstić information content (AvgIpc) is 2.99. The van der Waals surface area contributed by atoms with Crippen molar-refractivity contribution in [1.82, 2.24) is 10.2 Å². The molecule has 1 saturated heterocycles. The molecule has 2 heteroatoms. The number of hydrogen-bond donors (Lipinski definition) is 1. The van der Waals surface area contributed by atoms with Gasteiger partial charge in [0, 0.05) is 31.2 Å². The standard InChI is InChI=1S/C15H28N2/c1-11-3-6-15(9-12(11)2)17-8-7-14(10-17)16-13-4-5-13/h11-16H,3-10H2,1-2H3. The van der Waals surface area contributed by atoms with Crippen molar-refractivity contribution in [2.24, 2.45) is 11.8 Å². The van der Waals surface area contributed by atoms with Crippen LogP contribution in [0.5, 0.6) is 0 Å². The second kappa shape index (κ2) is 4.89. The summed E-state index contributed by atoms with van der Waals surface area (Å²) in [5.41, 5.74) is 0. The van der Waals surface area contributed by atoms with Crippen LogP contribution < -0.4 is 5.32 Å². The molecule has 0 amide bonds. The summed E-state index contributed by atoms with van der Waals surface area (Å²) >= 11 is 0. The molecule has 0 bridgehead atoms. The zero-order valence-electron chi connectivity index (χ0n) is 11.5. The molecule has 1 N–H and O–H groups in total. The second-order valence-electron chi connectivity index (χ2n) is 6.84. The molecule has 0 aromatic rings. The van der Waals surface area contributed by atoms with E-state index in [-0.39, 0.29) is 0 Å². The molecule has 2 aliphatic carbocycles. The maximum absolute atomic E-state index is 3.80. The predicted molar refractivity (Wildman–Crippen MR) is 72.1 cm³/mol. The minimum absolute atomic E-state index is 0.803.